The van der Waals surface area contributed by atoms with Crippen LogP contribution in [-0.4, -0.2) is 31.9 Å². The fourth-order valence-electron chi connectivity index (χ4n) is 2.10. The molecule has 1 atom stereocenters. The lowest BCUT2D eigenvalue weighted by atomic mass is 10.2. The third kappa shape index (κ3) is 4.74. The van der Waals surface area contributed by atoms with E-state index in [1.807, 2.05) is 12.1 Å². The molecular weight excluding hydrogens is 258 g/mol. The van der Waals surface area contributed by atoms with E-state index in [1.165, 1.54) is 0 Å². The monoisotopic (exact) mass is 279 g/mol. The Morgan fingerprint density at radius 2 is 2.20 bits per heavy atom. The Morgan fingerprint density at radius 1 is 1.35 bits per heavy atom. The van der Waals surface area contributed by atoms with E-state index < -0.39 is 0 Å². The van der Waals surface area contributed by atoms with Crippen LogP contribution in [-0.2, 0) is 14.3 Å². The average molecular weight is 279 g/mol. The number of esters is 1. The SMILES string of the molecule is Nc1ccccc1OCCC(=O)OCCC1CCCO1. The molecule has 1 aromatic carbocycles. The zero-order valence-electron chi connectivity index (χ0n) is 11.5. The molecule has 1 fully saturated rings. The highest BCUT2D eigenvalue weighted by Crippen LogP contribution is 2.19. The Hall–Kier alpha value is -1.75. The first-order chi connectivity index (χ1) is 9.75. The van der Waals surface area contributed by atoms with Crippen LogP contribution in [0.2, 0.25) is 0 Å². The van der Waals surface area contributed by atoms with Crippen molar-refractivity contribution in [1.82, 2.24) is 0 Å². The Balaban J connectivity index is 1.57. The van der Waals surface area contributed by atoms with Crippen LogP contribution in [0.5, 0.6) is 5.75 Å². The molecule has 1 unspecified atom stereocenters. The van der Waals surface area contributed by atoms with Gasteiger partial charge in [0.2, 0.25) is 0 Å². The predicted molar refractivity (Wildman–Crippen MR) is 75.5 cm³/mol. The number of ether oxygens (including phenoxy) is 3. The van der Waals surface area contributed by atoms with Crippen molar-refractivity contribution in [2.75, 3.05) is 25.6 Å². The second kappa shape index (κ2) is 7.75. The van der Waals surface area contributed by atoms with Gasteiger partial charge in [-0.3, -0.25) is 4.79 Å². The van der Waals surface area contributed by atoms with Gasteiger partial charge in [-0.25, -0.2) is 0 Å². The number of benzene rings is 1. The molecule has 1 aromatic rings. The van der Waals surface area contributed by atoms with Gasteiger partial charge < -0.3 is 19.9 Å². The van der Waals surface area contributed by atoms with Crippen LogP contribution in [0.15, 0.2) is 24.3 Å². The van der Waals surface area contributed by atoms with Crippen molar-refractivity contribution in [2.24, 2.45) is 0 Å². The molecule has 0 saturated carbocycles. The lowest BCUT2D eigenvalue weighted by Gasteiger charge is -2.10. The Kier molecular flexibility index (Phi) is 5.68. The maximum Gasteiger partial charge on any atom is 0.309 e. The van der Waals surface area contributed by atoms with Crippen molar-refractivity contribution in [3.8, 4) is 5.75 Å². The first-order valence-corrected chi connectivity index (χ1v) is 7.00. The summed E-state index contributed by atoms with van der Waals surface area (Å²) in [5.41, 5.74) is 6.30. The third-order valence-corrected chi connectivity index (χ3v) is 3.21. The smallest absolute Gasteiger partial charge is 0.309 e. The molecule has 0 bridgehead atoms. The molecule has 1 heterocycles. The molecule has 0 aliphatic carbocycles. The Bertz CT molecular complexity index is 430. The number of para-hydroxylation sites is 2. The van der Waals surface area contributed by atoms with Gasteiger partial charge in [0.1, 0.15) is 5.75 Å². The van der Waals surface area contributed by atoms with Crippen molar-refractivity contribution < 1.29 is 19.0 Å². The highest BCUT2D eigenvalue weighted by atomic mass is 16.5. The summed E-state index contributed by atoms with van der Waals surface area (Å²) in [7, 11) is 0. The van der Waals surface area contributed by atoms with Crippen LogP contribution in [0.25, 0.3) is 0 Å². The number of carbonyl (C=O) groups is 1. The number of nitrogen functional groups attached to an aromatic ring is 1. The van der Waals surface area contributed by atoms with Gasteiger partial charge in [-0.05, 0) is 25.0 Å². The summed E-state index contributed by atoms with van der Waals surface area (Å²) in [6, 6.07) is 7.21. The summed E-state index contributed by atoms with van der Waals surface area (Å²) in [5.74, 6) is 0.345. The zero-order chi connectivity index (χ0) is 14.2. The zero-order valence-corrected chi connectivity index (χ0v) is 11.5. The molecule has 2 N–H and O–H groups in total. The second-order valence-corrected chi connectivity index (χ2v) is 4.78. The number of carbonyl (C=O) groups excluding carboxylic acids is 1. The molecular formula is C15H21NO4. The maximum absolute atomic E-state index is 11.5. The molecule has 0 radical (unpaired) electrons. The van der Waals surface area contributed by atoms with E-state index in [4.69, 9.17) is 19.9 Å². The lowest BCUT2D eigenvalue weighted by molar-refractivity contribution is -0.144. The van der Waals surface area contributed by atoms with Crippen LogP contribution >= 0.6 is 0 Å². The summed E-state index contributed by atoms with van der Waals surface area (Å²) in [5, 5.41) is 0. The van der Waals surface area contributed by atoms with E-state index in [0.717, 1.165) is 25.9 Å². The van der Waals surface area contributed by atoms with E-state index in [1.54, 1.807) is 12.1 Å². The Morgan fingerprint density at radius 3 is 2.95 bits per heavy atom. The average Bonchev–Trinajstić information content (AvgIpc) is 2.94. The quantitative estimate of drug-likeness (QED) is 0.611. The second-order valence-electron chi connectivity index (χ2n) is 4.78. The highest BCUT2D eigenvalue weighted by Gasteiger charge is 2.15. The summed E-state index contributed by atoms with van der Waals surface area (Å²) >= 11 is 0. The molecule has 2 rings (SSSR count). The van der Waals surface area contributed by atoms with E-state index in [9.17, 15) is 4.79 Å². The minimum absolute atomic E-state index is 0.222. The van der Waals surface area contributed by atoms with Gasteiger partial charge in [-0.15, -0.1) is 0 Å². The number of hydrogen-bond donors (Lipinski definition) is 1. The summed E-state index contributed by atoms with van der Waals surface area (Å²) in [6.45, 7) is 1.51. The standard InChI is InChI=1S/C15H21NO4/c16-13-5-1-2-6-14(13)19-11-8-15(17)20-10-7-12-4-3-9-18-12/h1-2,5-6,12H,3-4,7-11,16H2. The fraction of sp³-hybridized carbons (Fsp3) is 0.533. The minimum Gasteiger partial charge on any atom is -0.491 e. The van der Waals surface area contributed by atoms with Crippen molar-refractivity contribution in [3.63, 3.8) is 0 Å². The summed E-state index contributed by atoms with van der Waals surface area (Å²) < 4.78 is 16.0. The summed E-state index contributed by atoms with van der Waals surface area (Å²) in [4.78, 5) is 11.5. The van der Waals surface area contributed by atoms with Crippen molar-refractivity contribution in [1.29, 1.82) is 0 Å². The van der Waals surface area contributed by atoms with Gasteiger partial charge in [-0.1, -0.05) is 12.1 Å². The molecule has 1 aliphatic heterocycles. The first-order valence-electron chi connectivity index (χ1n) is 7.00. The van der Waals surface area contributed by atoms with Crippen LogP contribution in [0.3, 0.4) is 0 Å². The van der Waals surface area contributed by atoms with E-state index in [0.29, 0.717) is 18.0 Å². The van der Waals surface area contributed by atoms with Gasteiger partial charge >= 0.3 is 5.97 Å². The summed E-state index contributed by atoms with van der Waals surface area (Å²) in [6.07, 6.45) is 3.42. The van der Waals surface area contributed by atoms with Gasteiger partial charge in [0.25, 0.3) is 0 Å². The molecule has 5 heteroatoms. The highest BCUT2D eigenvalue weighted by molar-refractivity contribution is 5.69. The fourth-order valence-corrected chi connectivity index (χ4v) is 2.10. The van der Waals surface area contributed by atoms with Gasteiger partial charge in [0.05, 0.1) is 31.4 Å². The predicted octanol–water partition coefficient (Wildman–Crippen LogP) is 2.15. The molecule has 1 saturated heterocycles. The van der Waals surface area contributed by atoms with E-state index in [2.05, 4.69) is 0 Å². The number of anilines is 1. The largest absolute Gasteiger partial charge is 0.491 e. The number of rotatable bonds is 7. The Labute approximate surface area is 119 Å². The maximum atomic E-state index is 11.5. The molecule has 20 heavy (non-hydrogen) atoms. The van der Waals surface area contributed by atoms with Gasteiger partial charge in [0, 0.05) is 13.0 Å². The van der Waals surface area contributed by atoms with Crippen LogP contribution < -0.4 is 10.5 Å². The lowest BCUT2D eigenvalue weighted by Crippen LogP contribution is -2.14. The van der Waals surface area contributed by atoms with E-state index in [-0.39, 0.29) is 25.1 Å². The third-order valence-electron chi connectivity index (χ3n) is 3.21. The van der Waals surface area contributed by atoms with Crippen molar-refractivity contribution >= 4 is 11.7 Å². The van der Waals surface area contributed by atoms with Crippen LogP contribution in [0.4, 0.5) is 5.69 Å². The van der Waals surface area contributed by atoms with Gasteiger partial charge in [-0.2, -0.15) is 0 Å². The molecule has 0 aromatic heterocycles. The van der Waals surface area contributed by atoms with E-state index >= 15 is 0 Å². The first kappa shape index (κ1) is 14.7. The van der Waals surface area contributed by atoms with Crippen LogP contribution in [0.1, 0.15) is 25.7 Å². The number of nitrogens with two attached hydrogens (primary N) is 1. The molecule has 1 aliphatic rings. The van der Waals surface area contributed by atoms with Crippen LogP contribution in [0, 0.1) is 0 Å². The molecule has 0 amide bonds. The molecule has 0 spiro atoms. The van der Waals surface area contributed by atoms with Crippen molar-refractivity contribution in [2.45, 2.75) is 31.8 Å². The topological polar surface area (TPSA) is 70.8 Å². The molecule has 110 valence electrons. The van der Waals surface area contributed by atoms with Crippen molar-refractivity contribution in [3.05, 3.63) is 24.3 Å². The van der Waals surface area contributed by atoms with Gasteiger partial charge in [0.15, 0.2) is 0 Å². The normalized spacial score (nSPS) is 17.9. The molecule has 5 nitrogen and oxygen atoms in total. The number of hydrogen-bond acceptors (Lipinski definition) is 5. The minimum atomic E-state index is -0.252.